The summed E-state index contributed by atoms with van der Waals surface area (Å²) in [7, 11) is 0. The van der Waals surface area contributed by atoms with Gasteiger partial charge in [0.1, 0.15) is 0 Å². The maximum Gasteiger partial charge on any atom is 0.155 e. The summed E-state index contributed by atoms with van der Waals surface area (Å²) in [5.41, 5.74) is 4.59. The van der Waals surface area contributed by atoms with Crippen LogP contribution < -0.4 is 0 Å². The van der Waals surface area contributed by atoms with Crippen molar-refractivity contribution in [1.82, 2.24) is 9.55 Å². The molecular formula is C32H23IrN2O2S-. The number of aliphatic hydroxyl groups is 1. The molecule has 0 amide bonds. The van der Waals surface area contributed by atoms with Crippen LogP contribution in [0.2, 0.25) is 0 Å². The topological polar surface area (TPSA) is 55.1 Å². The van der Waals surface area contributed by atoms with Crippen LogP contribution >= 0.6 is 11.3 Å². The average molecular weight is 692 g/mol. The Hall–Kier alpha value is -3.83. The Bertz CT molecular complexity index is 1980. The fourth-order valence-electron chi connectivity index (χ4n) is 4.92. The SMILES string of the molecule is CC(=O)/C=C(/C)O.[Ir].[c-]1c2ccccc2cc2sc3cccc4c3c3c(nccc3n4-c3ccccc3)c12. The van der Waals surface area contributed by atoms with Gasteiger partial charge in [-0.1, -0.05) is 53.2 Å². The van der Waals surface area contributed by atoms with E-state index >= 15 is 0 Å². The Morgan fingerprint density at radius 3 is 2.37 bits per heavy atom. The summed E-state index contributed by atoms with van der Waals surface area (Å²) in [5.74, 6) is -0.0625. The Morgan fingerprint density at radius 2 is 1.63 bits per heavy atom. The quantitative estimate of drug-likeness (QED) is 0.112. The molecule has 7 aromatic rings. The first-order valence-electron chi connectivity index (χ1n) is 12.0. The summed E-state index contributed by atoms with van der Waals surface area (Å²) < 4.78 is 4.83. The van der Waals surface area contributed by atoms with Crippen LogP contribution in [0.5, 0.6) is 0 Å². The van der Waals surface area contributed by atoms with Crippen LogP contribution in [-0.4, -0.2) is 20.4 Å². The summed E-state index contributed by atoms with van der Waals surface area (Å²) in [6.07, 6.45) is 3.10. The zero-order valence-electron chi connectivity index (χ0n) is 20.7. The Morgan fingerprint density at radius 1 is 0.895 bits per heavy atom. The molecule has 0 fully saturated rings. The van der Waals surface area contributed by atoms with Crippen LogP contribution in [0.3, 0.4) is 0 Å². The number of carbonyl (C=O) groups excluding carboxylic acids is 1. The molecule has 38 heavy (non-hydrogen) atoms. The molecule has 0 bridgehead atoms. The van der Waals surface area contributed by atoms with E-state index in [1.807, 2.05) is 17.5 Å². The van der Waals surface area contributed by atoms with Crippen molar-refractivity contribution in [2.45, 2.75) is 13.8 Å². The molecule has 3 aromatic heterocycles. The third kappa shape index (κ3) is 4.52. The van der Waals surface area contributed by atoms with Gasteiger partial charge in [0.05, 0.1) is 16.8 Å². The zero-order chi connectivity index (χ0) is 25.5. The number of benzene rings is 4. The number of fused-ring (bicyclic) bond motifs is 3. The van der Waals surface area contributed by atoms with Crippen LogP contribution in [0.15, 0.2) is 103 Å². The molecule has 0 aliphatic heterocycles. The molecule has 1 N–H and O–H groups in total. The van der Waals surface area contributed by atoms with E-state index in [2.05, 4.69) is 95.6 Å². The second-order valence-electron chi connectivity index (χ2n) is 8.97. The fourth-order valence-corrected chi connectivity index (χ4v) is 6.04. The second kappa shape index (κ2) is 10.5. The number of pyridine rings is 1. The number of carbonyl (C=O) groups is 1. The number of hydrogen-bond donors (Lipinski definition) is 1. The summed E-state index contributed by atoms with van der Waals surface area (Å²) in [4.78, 5) is 14.9. The normalized spacial score (nSPS) is 11.6. The minimum absolute atomic E-state index is 0. The smallest absolute Gasteiger partial charge is 0.155 e. The third-order valence-electron chi connectivity index (χ3n) is 6.30. The molecule has 0 saturated heterocycles. The summed E-state index contributed by atoms with van der Waals surface area (Å²) in [5, 5.41) is 14.3. The van der Waals surface area contributed by atoms with E-state index in [1.54, 1.807) is 0 Å². The van der Waals surface area contributed by atoms with E-state index in [9.17, 15) is 4.79 Å². The molecule has 0 unspecified atom stereocenters. The molecule has 7 rings (SSSR count). The molecule has 189 valence electrons. The predicted octanol–water partition coefficient (Wildman–Crippen LogP) is 8.53. The van der Waals surface area contributed by atoms with Gasteiger partial charge in [0.2, 0.25) is 0 Å². The number of hydrogen-bond acceptors (Lipinski definition) is 4. The van der Waals surface area contributed by atoms with Crippen molar-refractivity contribution in [3.8, 4) is 5.69 Å². The minimum atomic E-state index is -0.125. The van der Waals surface area contributed by atoms with E-state index in [0.717, 1.165) is 16.3 Å². The van der Waals surface area contributed by atoms with Gasteiger partial charge in [-0.05, 0) is 48.9 Å². The Labute approximate surface area is 237 Å². The van der Waals surface area contributed by atoms with Crippen LogP contribution in [-0.2, 0) is 24.9 Å². The number of allylic oxidation sites excluding steroid dienone is 2. The Balaban J connectivity index is 0.000000329. The number of aliphatic hydroxyl groups excluding tert-OH is 1. The summed E-state index contributed by atoms with van der Waals surface area (Å²) >= 11 is 1.82. The minimum Gasteiger partial charge on any atom is -0.512 e. The Kier molecular flexibility index (Phi) is 7.13. The van der Waals surface area contributed by atoms with E-state index in [-0.39, 0.29) is 31.6 Å². The predicted molar refractivity (Wildman–Crippen MR) is 155 cm³/mol. The van der Waals surface area contributed by atoms with Gasteiger partial charge in [-0.15, -0.1) is 23.6 Å². The molecule has 0 spiro atoms. The maximum atomic E-state index is 10.0. The monoisotopic (exact) mass is 692 g/mol. The molecule has 4 aromatic carbocycles. The van der Waals surface area contributed by atoms with Crippen molar-refractivity contribution < 1.29 is 30.0 Å². The van der Waals surface area contributed by atoms with Gasteiger partial charge in [-0.3, -0.25) is 9.78 Å². The van der Waals surface area contributed by atoms with Gasteiger partial charge >= 0.3 is 0 Å². The number of rotatable bonds is 2. The number of ketones is 1. The van der Waals surface area contributed by atoms with Crippen LogP contribution in [0.25, 0.3) is 58.6 Å². The van der Waals surface area contributed by atoms with Crippen LogP contribution in [0, 0.1) is 6.07 Å². The molecule has 4 nitrogen and oxygen atoms in total. The van der Waals surface area contributed by atoms with Crippen molar-refractivity contribution in [2.24, 2.45) is 0 Å². The van der Waals surface area contributed by atoms with E-state index < -0.39 is 0 Å². The maximum absolute atomic E-state index is 10.0. The van der Waals surface area contributed by atoms with Crippen LogP contribution in [0.4, 0.5) is 0 Å². The second-order valence-corrected chi connectivity index (χ2v) is 10.1. The zero-order valence-corrected chi connectivity index (χ0v) is 23.9. The van der Waals surface area contributed by atoms with Gasteiger partial charge in [0, 0.05) is 59.1 Å². The van der Waals surface area contributed by atoms with Crippen LogP contribution in [0.1, 0.15) is 13.8 Å². The van der Waals surface area contributed by atoms with Gasteiger partial charge in [-0.25, -0.2) is 0 Å². The first kappa shape index (κ1) is 25.8. The number of aromatic nitrogens is 2. The molecule has 3 heterocycles. The molecule has 0 atom stereocenters. The van der Waals surface area contributed by atoms with Crippen molar-refractivity contribution in [3.63, 3.8) is 0 Å². The molecule has 0 saturated carbocycles. The van der Waals surface area contributed by atoms with Crippen molar-refractivity contribution >= 4 is 70.0 Å². The molecular weight excluding hydrogens is 669 g/mol. The number of para-hydroxylation sites is 1. The molecule has 0 aliphatic rings. The first-order chi connectivity index (χ1) is 18.0. The van der Waals surface area contributed by atoms with Crippen molar-refractivity contribution in [3.05, 3.63) is 109 Å². The fraction of sp³-hybridized carbons (Fsp3) is 0.0625. The van der Waals surface area contributed by atoms with Gasteiger partial charge in [-0.2, -0.15) is 11.3 Å². The van der Waals surface area contributed by atoms with Gasteiger partial charge < -0.3 is 9.67 Å². The standard InChI is InChI=1S/C27H15N2S.C5H8O2.Ir/c1-2-9-19(10-3-1)29-21-11-6-12-23-25(21)26-22(29)13-14-28-27(26)20-15-17-7-4-5-8-18(17)16-24(20)30-23;1-4(6)3-5(2)7;/h1-14,16H;3,6H,1-2H3;/q-1;;/b;4-3-;. The molecule has 1 radical (unpaired) electrons. The summed E-state index contributed by atoms with van der Waals surface area (Å²) in [6.45, 7) is 2.85. The first-order valence-corrected chi connectivity index (χ1v) is 12.8. The number of nitrogens with zero attached hydrogens (tertiary/aromatic N) is 2. The average Bonchev–Trinajstić information content (AvgIpc) is 3.16. The largest absolute Gasteiger partial charge is 0.512 e. The molecule has 0 aliphatic carbocycles. The van der Waals surface area contributed by atoms with E-state index in [1.165, 1.54) is 62.2 Å². The van der Waals surface area contributed by atoms with Gasteiger partial charge in [0.25, 0.3) is 0 Å². The van der Waals surface area contributed by atoms with Crippen molar-refractivity contribution in [1.29, 1.82) is 0 Å². The van der Waals surface area contributed by atoms with Crippen molar-refractivity contribution in [2.75, 3.05) is 0 Å². The van der Waals surface area contributed by atoms with E-state index in [0.29, 0.717) is 0 Å². The third-order valence-corrected chi connectivity index (χ3v) is 7.40. The summed E-state index contributed by atoms with van der Waals surface area (Å²) in [6, 6.07) is 33.7. The van der Waals surface area contributed by atoms with Gasteiger partial charge in [0.15, 0.2) is 5.78 Å². The molecule has 6 heteroatoms. The van der Waals surface area contributed by atoms with E-state index in [4.69, 9.17) is 10.1 Å².